The number of carbonyl (C=O) groups excluding carboxylic acids is 1. The fourth-order valence-corrected chi connectivity index (χ4v) is 5.30. The van der Waals surface area contributed by atoms with Gasteiger partial charge in [-0.3, -0.25) is 4.79 Å². The summed E-state index contributed by atoms with van der Waals surface area (Å²) in [7, 11) is 0. The lowest BCUT2D eigenvalue weighted by Crippen LogP contribution is -2.20. The molecule has 6 rings (SSSR count). The van der Waals surface area contributed by atoms with E-state index in [-0.39, 0.29) is 5.91 Å². The van der Waals surface area contributed by atoms with Crippen LogP contribution in [0.15, 0.2) is 72.9 Å². The van der Waals surface area contributed by atoms with Crippen LogP contribution in [0.2, 0.25) is 0 Å². The lowest BCUT2D eigenvalue weighted by molar-refractivity contribution is 0.102. The minimum atomic E-state index is -0.199. The third-order valence-electron chi connectivity index (χ3n) is 6.49. The van der Waals surface area contributed by atoms with E-state index >= 15 is 0 Å². The summed E-state index contributed by atoms with van der Waals surface area (Å²) in [6.45, 7) is 0.623. The summed E-state index contributed by atoms with van der Waals surface area (Å²) in [5.41, 5.74) is 6.84. The van der Waals surface area contributed by atoms with Crippen molar-refractivity contribution in [3.8, 4) is 0 Å². The van der Waals surface area contributed by atoms with Gasteiger partial charge in [-0.25, -0.2) is 19.6 Å². The van der Waals surface area contributed by atoms with Crippen LogP contribution < -0.4 is 16.0 Å². The van der Waals surface area contributed by atoms with Crippen molar-refractivity contribution in [3.63, 3.8) is 0 Å². The van der Waals surface area contributed by atoms with Gasteiger partial charge in [0, 0.05) is 29.7 Å². The van der Waals surface area contributed by atoms with Gasteiger partial charge >= 0.3 is 0 Å². The minimum absolute atomic E-state index is 0.199. The molecule has 0 saturated heterocycles. The Balaban J connectivity index is 1.20. The van der Waals surface area contributed by atoms with Crippen LogP contribution in [0.1, 0.15) is 41.6 Å². The number of benzene rings is 2. The van der Waals surface area contributed by atoms with Gasteiger partial charge in [0.05, 0.1) is 33.5 Å². The second-order valence-corrected chi connectivity index (χ2v) is 10.0. The highest BCUT2D eigenvalue weighted by Gasteiger charge is 2.20. The quantitative estimate of drug-likeness (QED) is 0.246. The number of thiazole rings is 1. The Labute approximate surface area is 218 Å². The van der Waals surface area contributed by atoms with E-state index in [1.807, 2.05) is 48.0 Å². The van der Waals surface area contributed by atoms with Crippen LogP contribution in [0, 0.1) is 0 Å². The van der Waals surface area contributed by atoms with E-state index in [0.29, 0.717) is 24.0 Å². The van der Waals surface area contributed by atoms with E-state index in [0.717, 1.165) is 45.7 Å². The summed E-state index contributed by atoms with van der Waals surface area (Å²) < 4.78 is 2.86. The van der Waals surface area contributed by atoms with Crippen LogP contribution in [0.3, 0.4) is 0 Å². The molecule has 37 heavy (non-hydrogen) atoms. The molecule has 0 atom stereocenters. The lowest BCUT2D eigenvalue weighted by Gasteiger charge is -2.18. The normalized spacial score (nSPS) is 13.6. The molecule has 0 bridgehead atoms. The highest BCUT2D eigenvalue weighted by molar-refractivity contribution is 7.16. The molecule has 0 unspecified atom stereocenters. The van der Waals surface area contributed by atoms with Gasteiger partial charge in [0.1, 0.15) is 18.5 Å². The molecule has 1 fully saturated rings. The third-order valence-corrected chi connectivity index (χ3v) is 7.28. The number of hydrogen-bond acceptors (Lipinski definition) is 8. The summed E-state index contributed by atoms with van der Waals surface area (Å²) in [6.07, 6.45) is 9.43. The number of rotatable bonds is 8. The van der Waals surface area contributed by atoms with Crippen molar-refractivity contribution < 1.29 is 4.79 Å². The SMILES string of the molecule is O=C(Nc1ccc(Cn2cncn2)cc1)c1cnc(Nc2ccc3ncsc3c2)cc1NC1CCCC1. The Morgan fingerprint density at radius 1 is 1.03 bits per heavy atom. The maximum Gasteiger partial charge on any atom is 0.259 e. The Bertz CT molecular complexity index is 1510. The number of anilines is 4. The van der Waals surface area contributed by atoms with Crippen molar-refractivity contribution in [2.75, 3.05) is 16.0 Å². The fourth-order valence-electron chi connectivity index (χ4n) is 4.59. The van der Waals surface area contributed by atoms with Gasteiger partial charge in [0.2, 0.25) is 0 Å². The highest BCUT2D eigenvalue weighted by atomic mass is 32.1. The molecule has 186 valence electrons. The second kappa shape index (κ2) is 10.4. The van der Waals surface area contributed by atoms with Gasteiger partial charge in [-0.2, -0.15) is 5.10 Å². The zero-order valence-electron chi connectivity index (χ0n) is 20.1. The van der Waals surface area contributed by atoms with Crippen LogP contribution in [0.4, 0.5) is 22.9 Å². The zero-order chi connectivity index (χ0) is 25.0. The fraction of sp³-hybridized carbons (Fsp3) is 0.222. The first-order valence-electron chi connectivity index (χ1n) is 12.3. The van der Waals surface area contributed by atoms with Crippen molar-refractivity contribution in [2.24, 2.45) is 0 Å². The first-order chi connectivity index (χ1) is 18.2. The van der Waals surface area contributed by atoms with Gasteiger partial charge < -0.3 is 16.0 Å². The smallest absolute Gasteiger partial charge is 0.259 e. The predicted octanol–water partition coefficient (Wildman–Crippen LogP) is 5.68. The second-order valence-electron chi connectivity index (χ2n) is 9.14. The van der Waals surface area contributed by atoms with Crippen molar-refractivity contribution in [1.29, 1.82) is 0 Å². The van der Waals surface area contributed by atoms with Crippen molar-refractivity contribution in [2.45, 2.75) is 38.3 Å². The number of pyridine rings is 1. The summed E-state index contributed by atoms with van der Waals surface area (Å²) >= 11 is 1.60. The maximum absolute atomic E-state index is 13.3. The molecule has 1 aliphatic rings. The van der Waals surface area contributed by atoms with Crippen LogP contribution in [-0.2, 0) is 6.54 Å². The van der Waals surface area contributed by atoms with Gasteiger partial charge in [-0.15, -0.1) is 11.3 Å². The molecule has 3 heterocycles. The molecule has 10 heteroatoms. The van der Waals surface area contributed by atoms with E-state index in [2.05, 4.69) is 42.1 Å². The number of aromatic nitrogens is 5. The molecule has 1 saturated carbocycles. The number of nitrogens with zero attached hydrogens (tertiary/aromatic N) is 5. The van der Waals surface area contributed by atoms with Gasteiger partial charge in [0.15, 0.2) is 0 Å². The Hall–Kier alpha value is -4.31. The van der Waals surface area contributed by atoms with Gasteiger partial charge in [0.25, 0.3) is 5.91 Å². The first kappa shape index (κ1) is 23.1. The summed E-state index contributed by atoms with van der Waals surface area (Å²) in [5, 5.41) is 14.1. The Morgan fingerprint density at radius 2 is 1.86 bits per heavy atom. The molecule has 5 aromatic rings. The van der Waals surface area contributed by atoms with E-state index in [4.69, 9.17) is 0 Å². The number of nitrogens with one attached hydrogen (secondary N) is 3. The van der Waals surface area contributed by atoms with Crippen molar-refractivity contribution in [1.82, 2.24) is 24.7 Å². The van der Waals surface area contributed by atoms with E-state index in [9.17, 15) is 4.79 Å². The van der Waals surface area contributed by atoms with Crippen LogP contribution in [0.25, 0.3) is 10.2 Å². The van der Waals surface area contributed by atoms with E-state index in [1.165, 1.54) is 19.2 Å². The number of fused-ring (bicyclic) bond motifs is 1. The molecular weight excluding hydrogens is 484 g/mol. The minimum Gasteiger partial charge on any atom is -0.382 e. The topological polar surface area (TPSA) is 110 Å². The molecule has 3 N–H and O–H groups in total. The number of hydrogen-bond donors (Lipinski definition) is 3. The van der Waals surface area contributed by atoms with Gasteiger partial charge in [-0.05, 0) is 48.7 Å². The molecule has 1 amide bonds. The molecule has 9 nitrogen and oxygen atoms in total. The molecule has 1 aliphatic carbocycles. The summed E-state index contributed by atoms with van der Waals surface area (Å²) in [6, 6.07) is 16.1. The molecule has 2 aromatic carbocycles. The predicted molar refractivity (Wildman–Crippen MR) is 147 cm³/mol. The van der Waals surface area contributed by atoms with Crippen molar-refractivity contribution in [3.05, 3.63) is 84.0 Å². The highest BCUT2D eigenvalue weighted by Crippen LogP contribution is 2.29. The summed E-state index contributed by atoms with van der Waals surface area (Å²) in [5.74, 6) is 0.480. The van der Waals surface area contributed by atoms with Crippen molar-refractivity contribution >= 4 is 50.3 Å². The number of amides is 1. The average molecular weight is 511 g/mol. The van der Waals surface area contributed by atoms with E-state index < -0.39 is 0 Å². The molecule has 0 aliphatic heterocycles. The monoisotopic (exact) mass is 510 g/mol. The van der Waals surface area contributed by atoms with Crippen LogP contribution >= 0.6 is 11.3 Å². The van der Waals surface area contributed by atoms with Crippen LogP contribution in [0.5, 0.6) is 0 Å². The number of carbonyl (C=O) groups is 1. The molecule has 0 radical (unpaired) electrons. The molecular formula is C27H26N8OS. The molecule has 3 aromatic heterocycles. The van der Waals surface area contributed by atoms with Gasteiger partial charge in [-0.1, -0.05) is 25.0 Å². The Kier molecular flexibility index (Phi) is 6.47. The zero-order valence-corrected chi connectivity index (χ0v) is 20.9. The van der Waals surface area contributed by atoms with E-state index in [1.54, 1.807) is 28.5 Å². The third kappa shape index (κ3) is 5.44. The van der Waals surface area contributed by atoms with Crippen LogP contribution in [-0.4, -0.2) is 36.7 Å². The Morgan fingerprint density at radius 3 is 2.68 bits per heavy atom. The molecule has 0 spiro atoms. The maximum atomic E-state index is 13.3. The lowest BCUT2D eigenvalue weighted by atomic mass is 10.1. The standard InChI is InChI=1S/C27H26N8OS/c36-27(34-20-7-5-18(6-8-20)14-35-16-28-15-31-35)22-13-29-26(12-24(22)32-19-3-1-2-4-19)33-21-9-10-23-25(11-21)37-17-30-23/h5-13,15-17,19H,1-4,14H2,(H,34,36)(H2,29,32,33). The largest absolute Gasteiger partial charge is 0.382 e. The summed E-state index contributed by atoms with van der Waals surface area (Å²) in [4.78, 5) is 26.2. The first-order valence-corrected chi connectivity index (χ1v) is 13.2. The average Bonchev–Trinajstić information content (AvgIpc) is 3.69.